The lowest BCUT2D eigenvalue weighted by Crippen LogP contribution is -2.61. The van der Waals surface area contributed by atoms with Gasteiger partial charge < -0.3 is 26.6 Å². The topological polar surface area (TPSA) is 185 Å². The smallest absolute Gasteiger partial charge is 0.315 e. The summed E-state index contributed by atoms with van der Waals surface area (Å²) < 4.78 is 26.1. The predicted molar refractivity (Wildman–Crippen MR) is 159 cm³/mol. The van der Waals surface area contributed by atoms with Gasteiger partial charge in [0, 0.05) is 12.6 Å². The van der Waals surface area contributed by atoms with E-state index in [2.05, 4.69) is 16.0 Å². The number of nitrogens with two attached hydrogens (primary N) is 1. The molecule has 0 aliphatic carbocycles. The number of carbonyl (C=O) groups is 5. The van der Waals surface area contributed by atoms with Crippen LogP contribution in [0.25, 0.3) is 0 Å². The molecule has 0 saturated carbocycles. The second-order valence-electron chi connectivity index (χ2n) is 13.0. The second kappa shape index (κ2) is 13.7. The van der Waals surface area contributed by atoms with Gasteiger partial charge in [-0.1, -0.05) is 71.9 Å². The van der Waals surface area contributed by atoms with Gasteiger partial charge in [0.1, 0.15) is 12.1 Å². The molecule has 1 aromatic carbocycles. The molecule has 0 aromatic heterocycles. The number of nitrogens with one attached hydrogen (secondary N) is 3. The maximum atomic E-state index is 13.8. The highest BCUT2D eigenvalue weighted by molar-refractivity contribution is 7.90. The molecule has 13 heteroatoms. The van der Waals surface area contributed by atoms with E-state index >= 15 is 0 Å². The average molecular weight is 608 g/mol. The highest BCUT2D eigenvalue weighted by Crippen LogP contribution is 2.27. The van der Waals surface area contributed by atoms with Crippen LogP contribution in [0, 0.1) is 10.8 Å². The number of rotatable bonds is 11. The molecule has 42 heavy (non-hydrogen) atoms. The number of primary amides is 1. The summed E-state index contributed by atoms with van der Waals surface area (Å²) >= 11 is 0. The molecule has 0 spiro atoms. The standard InChI is InChI=1S/C29H45N5O7S/c1-18(22(35)24(30)36)31-25(37)20-14-11-15-34(20)26(38)23(29(5,6)7)33-27(39)32-21(28(2,3)4)17-42(40,41)16-19-12-9-8-10-13-19/h8-10,12-13,18,20-21,23H,11,14-17H2,1-7H3,(H2,30,36)(H,31,37)(H2,32,33,39)/t18?,20-,21+,23+/m0/s1. The number of carbonyl (C=O) groups excluding carboxylic acids is 5. The lowest BCUT2D eigenvalue weighted by Gasteiger charge is -2.37. The first kappa shape index (κ1) is 34.7. The Hall–Kier alpha value is -3.48. The molecular formula is C29H45N5O7S. The van der Waals surface area contributed by atoms with Gasteiger partial charge in [0.15, 0.2) is 9.84 Å². The minimum atomic E-state index is -3.60. The summed E-state index contributed by atoms with van der Waals surface area (Å²) in [5.74, 6) is -3.70. The molecular weight excluding hydrogens is 562 g/mol. The Bertz CT molecular complexity index is 1270. The zero-order valence-corrected chi connectivity index (χ0v) is 26.3. The Morgan fingerprint density at radius 2 is 1.55 bits per heavy atom. The van der Waals surface area contributed by atoms with Crippen LogP contribution in [0.3, 0.4) is 0 Å². The molecule has 1 aliphatic rings. The number of hydrogen-bond donors (Lipinski definition) is 4. The van der Waals surface area contributed by atoms with Crippen molar-refractivity contribution >= 4 is 39.4 Å². The molecule has 2 rings (SSSR count). The first-order valence-corrected chi connectivity index (χ1v) is 15.8. The fourth-order valence-electron chi connectivity index (χ4n) is 4.69. The van der Waals surface area contributed by atoms with Gasteiger partial charge >= 0.3 is 6.03 Å². The molecule has 0 bridgehead atoms. The van der Waals surface area contributed by atoms with E-state index < -0.39 is 74.4 Å². The van der Waals surface area contributed by atoms with Gasteiger partial charge in [-0.2, -0.15) is 0 Å². The Morgan fingerprint density at radius 1 is 0.952 bits per heavy atom. The maximum Gasteiger partial charge on any atom is 0.315 e. The molecule has 4 atom stereocenters. The highest BCUT2D eigenvalue weighted by atomic mass is 32.2. The Morgan fingerprint density at radius 3 is 2.07 bits per heavy atom. The van der Waals surface area contributed by atoms with Crippen molar-refractivity contribution in [1.29, 1.82) is 0 Å². The van der Waals surface area contributed by atoms with Gasteiger partial charge in [0.05, 0.1) is 17.5 Å². The van der Waals surface area contributed by atoms with E-state index in [1.54, 1.807) is 51.1 Å². The molecule has 12 nitrogen and oxygen atoms in total. The normalized spacial score (nSPS) is 18.0. The van der Waals surface area contributed by atoms with Gasteiger partial charge in [-0.05, 0) is 36.2 Å². The number of amides is 5. The summed E-state index contributed by atoms with van der Waals surface area (Å²) in [5, 5.41) is 7.94. The van der Waals surface area contributed by atoms with Crippen LogP contribution in [0.2, 0.25) is 0 Å². The highest BCUT2D eigenvalue weighted by Gasteiger charge is 2.43. The number of nitrogens with zero attached hydrogens (tertiary/aromatic N) is 1. The molecule has 5 N–H and O–H groups in total. The van der Waals surface area contributed by atoms with E-state index in [-0.39, 0.29) is 18.1 Å². The second-order valence-corrected chi connectivity index (χ2v) is 15.1. The SMILES string of the molecule is CC(NC(=O)[C@@H]1CCCN1C(=O)[C@@H](NC(=O)N[C@H](CS(=O)(=O)Cc1ccccc1)C(C)(C)C)C(C)(C)C)C(=O)C(N)=O. The van der Waals surface area contributed by atoms with Crippen molar-refractivity contribution in [2.45, 2.75) is 91.2 Å². The van der Waals surface area contributed by atoms with Gasteiger partial charge in [0.2, 0.25) is 17.6 Å². The molecule has 1 saturated heterocycles. The van der Waals surface area contributed by atoms with Crippen LogP contribution in [0.1, 0.15) is 66.9 Å². The monoisotopic (exact) mass is 607 g/mol. The molecule has 0 radical (unpaired) electrons. The largest absolute Gasteiger partial charge is 0.363 e. The van der Waals surface area contributed by atoms with E-state index in [9.17, 15) is 32.4 Å². The third-order valence-electron chi connectivity index (χ3n) is 7.22. The summed E-state index contributed by atoms with van der Waals surface area (Å²) in [6.45, 7) is 12.3. The first-order valence-electron chi connectivity index (χ1n) is 14.0. The van der Waals surface area contributed by atoms with Crippen LogP contribution in [0.4, 0.5) is 4.79 Å². The number of benzene rings is 1. The third-order valence-corrected chi connectivity index (χ3v) is 8.84. The van der Waals surface area contributed by atoms with Gasteiger partial charge in [0.25, 0.3) is 5.91 Å². The van der Waals surface area contributed by atoms with Crippen molar-refractivity contribution in [2.75, 3.05) is 12.3 Å². The Kier molecular flexibility index (Phi) is 11.3. The molecule has 234 valence electrons. The van der Waals surface area contributed by atoms with Gasteiger partial charge in [-0.15, -0.1) is 0 Å². The van der Waals surface area contributed by atoms with Crippen molar-refractivity contribution in [3.63, 3.8) is 0 Å². The maximum absolute atomic E-state index is 13.8. The van der Waals surface area contributed by atoms with Crippen molar-refractivity contribution in [2.24, 2.45) is 16.6 Å². The molecule has 1 aliphatic heterocycles. The summed E-state index contributed by atoms with van der Waals surface area (Å²) in [5.41, 5.74) is 4.27. The van der Waals surface area contributed by atoms with E-state index in [4.69, 9.17) is 5.73 Å². The van der Waals surface area contributed by atoms with Gasteiger partial charge in [-0.3, -0.25) is 19.2 Å². The number of hydrogen-bond acceptors (Lipinski definition) is 7. The van der Waals surface area contributed by atoms with Crippen molar-refractivity contribution in [3.05, 3.63) is 35.9 Å². The van der Waals surface area contributed by atoms with Crippen molar-refractivity contribution < 1.29 is 32.4 Å². The molecule has 1 aromatic rings. The fourth-order valence-corrected chi connectivity index (χ4v) is 6.60. The molecule has 1 unspecified atom stereocenters. The lowest BCUT2D eigenvalue weighted by molar-refractivity contribution is -0.143. The summed E-state index contributed by atoms with van der Waals surface area (Å²) in [4.78, 5) is 64.4. The van der Waals surface area contributed by atoms with Crippen LogP contribution in [-0.4, -0.2) is 79.3 Å². The third kappa shape index (κ3) is 9.81. The number of ketones is 1. The van der Waals surface area contributed by atoms with Crippen molar-refractivity contribution in [1.82, 2.24) is 20.9 Å². The Balaban J connectivity index is 2.18. The Labute approximate surface area is 248 Å². The first-order chi connectivity index (χ1) is 19.2. The number of urea groups is 1. The quantitative estimate of drug-likeness (QED) is 0.273. The van der Waals surface area contributed by atoms with Gasteiger partial charge in [-0.25, -0.2) is 13.2 Å². The van der Waals surface area contributed by atoms with E-state index in [0.29, 0.717) is 18.4 Å². The lowest BCUT2D eigenvalue weighted by atomic mass is 9.85. The summed E-state index contributed by atoms with van der Waals surface area (Å²) in [6, 6.07) is 4.19. The van der Waals surface area contributed by atoms with Crippen molar-refractivity contribution in [3.8, 4) is 0 Å². The molecule has 5 amide bonds. The van der Waals surface area contributed by atoms with Crippen LogP contribution >= 0.6 is 0 Å². The minimum Gasteiger partial charge on any atom is -0.363 e. The van der Waals surface area contributed by atoms with Crippen LogP contribution in [-0.2, 0) is 34.8 Å². The fraction of sp³-hybridized carbons (Fsp3) is 0.621. The predicted octanol–water partition coefficient (Wildman–Crippen LogP) is 1.28. The van der Waals surface area contributed by atoms with E-state index in [1.165, 1.54) is 11.8 Å². The number of sulfone groups is 1. The molecule has 1 heterocycles. The zero-order chi connectivity index (χ0) is 32.0. The van der Waals surface area contributed by atoms with E-state index in [0.717, 1.165) is 0 Å². The van der Waals surface area contributed by atoms with Crippen LogP contribution in [0.5, 0.6) is 0 Å². The van der Waals surface area contributed by atoms with E-state index in [1.807, 2.05) is 20.8 Å². The average Bonchev–Trinajstić information content (AvgIpc) is 3.35. The van der Waals surface area contributed by atoms with Crippen LogP contribution < -0.4 is 21.7 Å². The number of Topliss-reactive ketones (excluding diaryl/α,β-unsaturated/α-hetero) is 1. The molecule has 1 fully saturated rings. The van der Waals surface area contributed by atoms with Crippen LogP contribution in [0.15, 0.2) is 30.3 Å². The zero-order valence-electron chi connectivity index (χ0n) is 25.5. The number of likely N-dealkylation sites (tertiary alicyclic amines) is 1. The summed E-state index contributed by atoms with van der Waals surface area (Å²) in [7, 11) is -3.60. The minimum absolute atomic E-state index is 0.172. The summed E-state index contributed by atoms with van der Waals surface area (Å²) in [6.07, 6.45) is 0.861.